The van der Waals surface area contributed by atoms with Gasteiger partial charge in [0.2, 0.25) is 0 Å². The van der Waals surface area contributed by atoms with Crippen molar-refractivity contribution in [1.29, 1.82) is 0 Å². The van der Waals surface area contributed by atoms with E-state index < -0.39 is 0 Å². The van der Waals surface area contributed by atoms with Gasteiger partial charge in [0, 0.05) is 22.0 Å². The van der Waals surface area contributed by atoms with Gasteiger partial charge >= 0.3 is 0 Å². The predicted molar refractivity (Wildman–Crippen MR) is 152 cm³/mol. The van der Waals surface area contributed by atoms with E-state index in [0.717, 1.165) is 5.56 Å². The summed E-state index contributed by atoms with van der Waals surface area (Å²) in [7, 11) is 0. The average Bonchev–Trinajstić information content (AvgIpc) is 2.88. The SMILES string of the molecule is O=C(NC(=S)Nc1cccc(NC(=O)c2ccc(Cl)cc2Cl)c1)c1ccc(OCc2ccccc2)cc1. The third-order valence-electron chi connectivity index (χ3n) is 5.15. The van der Waals surface area contributed by atoms with Crippen molar-refractivity contribution < 1.29 is 14.3 Å². The summed E-state index contributed by atoms with van der Waals surface area (Å²) in [5.74, 6) is -0.0975. The molecule has 0 saturated carbocycles. The quantitative estimate of drug-likeness (QED) is 0.217. The van der Waals surface area contributed by atoms with Crippen molar-refractivity contribution in [2.24, 2.45) is 0 Å². The fourth-order valence-corrected chi connectivity index (χ4v) is 4.03. The van der Waals surface area contributed by atoms with Crippen LogP contribution >= 0.6 is 35.4 Å². The first-order valence-electron chi connectivity index (χ1n) is 11.1. The van der Waals surface area contributed by atoms with Gasteiger partial charge in [-0.2, -0.15) is 0 Å². The first-order chi connectivity index (χ1) is 17.9. The molecule has 0 atom stereocenters. The van der Waals surface area contributed by atoms with Gasteiger partial charge in [-0.3, -0.25) is 14.9 Å². The highest BCUT2D eigenvalue weighted by Crippen LogP contribution is 2.23. The lowest BCUT2D eigenvalue weighted by Crippen LogP contribution is -2.34. The maximum Gasteiger partial charge on any atom is 0.257 e. The molecule has 4 aromatic carbocycles. The molecule has 4 aromatic rings. The van der Waals surface area contributed by atoms with Gasteiger partial charge in [-0.05, 0) is 78.4 Å². The van der Waals surface area contributed by atoms with E-state index in [1.807, 2.05) is 30.3 Å². The van der Waals surface area contributed by atoms with Gasteiger partial charge in [-0.25, -0.2) is 0 Å². The Morgan fingerprint density at radius 3 is 2.16 bits per heavy atom. The van der Waals surface area contributed by atoms with Crippen LogP contribution in [0.25, 0.3) is 0 Å². The van der Waals surface area contributed by atoms with Crippen molar-refractivity contribution in [3.05, 3.63) is 124 Å². The van der Waals surface area contributed by atoms with Crippen molar-refractivity contribution in [3.63, 3.8) is 0 Å². The molecule has 0 radical (unpaired) electrons. The van der Waals surface area contributed by atoms with Gasteiger partial charge in [0.1, 0.15) is 12.4 Å². The number of ether oxygens (including phenoxy) is 1. The van der Waals surface area contributed by atoms with E-state index in [9.17, 15) is 9.59 Å². The zero-order valence-corrected chi connectivity index (χ0v) is 21.7. The molecule has 2 amide bonds. The maximum atomic E-state index is 12.6. The van der Waals surface area contributed by atoms with Crippen molar-refractivity contribution in [3.8, 4) is 5.75 Å². The molecule has 0 aliphatic carbocycles. The summed E-state index contributed by atoms with van der Waals surface area (Å²) in [6.07, 6.45) is 0. The molecule has 0 bridgehead atoms. The Morgan fingerprint density at radius 1 is 0.757 bits per heavy atom. The summed E-state index contributed by atoms with van der Waals surface area (Å²) in [5, 5.41) is 9.16. The standard InChI is InChI=1S/C28H21Cl2N3O3S/c29-20-11-14-24(25(30)15-20)27(35)31-21-7-4-8-22(16-21)32-28(37)33-26(34)19-9-12-23(13-10-19)36-17-18-5-2-1-3-6-18/h1-16H,17H2,(H,31,35)(H2,32,33,34,37). The lowest BCUT2D eigenvalue weighted by Gasteiger charge is -2.12. The number of hydrogen-bond donors (Lipinski definition) is 3. The molecule has 6 nitrogen and oxygen atoms in total. The highest BCUT2D eigenvalue weighted by atomic mass is 35.5. The van der Waals surface area contributed by atoms with Crippen LogP contribution in [-0.2, 0) is 6.61 Å². The Bertz CT molecular complexity index is 1430. The number of hydrogen-bond acceptors (Lipinski definition) is 4. The molecule has 0 heterocycles. The number of carbonyl (C=O) groups is 2. The van der Waals surface area contributed by atoms with Crippen molar-refractivity contribution in [2.75, 3.05) is 10.6 Å². The van der Waals surface area contributed by atoms with E-state index >= 15 is 0 Å². The van der Waals surface area contributed by atoms with E-state index in [1.165, 1.54) is 6.07 Å². The van der Waals surface area contributed by atoms with E-state index in [-0.39, 0.29) is 21.9 Å². The summed E-state index contributed by atoms with van der Waals surface area (Å²) < 4.78 is 5.75. The third kappa shape index (κ3) is 7.54. The lowest BCUT2D eigenvalue weighted by molar-refractivity contribution is 0.0976. The molecule has 186 valence electrons. The molecule has 3 N–H and O–H groups in total. The second-order valence-electron chi connectivity index (χ2n) is 7.87. The maximum absolute atomic E-state index is 12.6. The molecule has 0 fully saturated rings. The zero-order valence-electron chi connectivity index (χ0n) is 19.3. The summed E-state index contributed by atoms with van der Waals surface area (Å²) in [6.45, 7) is 0.437. The van der Waals surface area contributed by atoms with E-state index in [2.05, 4.69) is 16.0 Å². The zero-order chi connectivity index (χ0) is 26.2. The van der Waals surface area contributed by atoms with E-state index in [0.29, 0.717) is 39.9 Å². The van der Waals surface area contributed by atoms with Gasteiger partial charge in [0.25, 0.3) is 11.8 Å². The molecule has 9 heteroatoms. The molecule has 0 unspecified atom stereocenters. The average molecular weight is 550 g/mol. The minimum Gasteiger partial charge on any atom is -0.489 e. The molecule has 37 heavy (non-hydrogen) atoms. The Balaban J connectivity index is 1.30. The summed E-state index contributed by atoms with van der Waals surface area (Å²) in [5.41, 5.74) is 2.87. The molecule has 0 saturated heterocycles. The molecule has 0 aliphatic rings. The fraction of sp³-hybridized carbons (Fsp3) is 0.0357. The van der Waals surface area contributed by atoms with Crippen LogP contribution in [0.2, 0.25) is 10.0 Å². The number of rotatable bonds is 7. The van der Waals surface area contributed by atoms with Crippen LogP contribution in [0.1, 0.15) is 26.3 Å². The first-order valence-corrected chi connectivity index (χ1v) is 12.3. The van der Waals surface area contributed by atoms with Gasteiger partial charge in [0.05, 0.1) is 10.6 Å². The van der Waals surface area contributed by atoms with Crippen molar-refractivity contribution in [2.45, 2.75) is 6.61 Å². The minimum atomic E-state index is -0.383. The smallest absolute Gasteiger partial charge is 0.257 e. The molecule has 4 rings (SSSR count). The molecule has 0 aromatic heterocycles. The van der Waals surface area contributed by atoms with Crippen molar-refractivity contribution >= 4 is 63.7 Å². The van der Waals surface area contributed by atoms with Crippen LogP contribution in [0.5, 0.6) is 5.75 Å². The van der Waals surface area contributed by atoms with Crippen molar-refractivity contribution in [1.82, 2.24) is 5.32 Å². The monoisotopic (exact) mass is 549 g/mol. The van der Waals surface area contributed by atoms with Gasteiger partial charge < -0.3 is 15.4 Å². The molecular formula is C28H21Cl2N3O3S. The fourth-order valence-electron chi connectivity index (χ4n) is 3.33. The number of amides is 2. The molecule has 0 spiro atoms. The number of halogens is 2. The number of anilines is 2. The van der Waals surface area contributed by atoms with Gasteiger partial charge in [0.15, 0.2) is 5.11 Å². The van der Waals surface area contributed by atoms with Crippen LogP contribution in [-0.4, -0.2) is 16.9 Å². The van der Waals surface area contributed by atoms with Crippen LogP contribution in [0.15, 0.2) is 97.1 Å². The Hall–Kier alpha value is -3.91. The van der Waals surface area contributed by atoms with Crippen LogP contribution in [0.4, 0.5) is 11.4 Å². The number of thiocarbonyl (C=S) groups is 1. The molecule has 0 aliphatic heterocycles. The Labute approximate surface area is 229 Å². The highest BCUT2D eigenvalue weighted by Gasteiger charge is 2.12. The first kappa shape index (κ1) is 26.2. The number of carbonyl (C=O) groups excluding carboxylic acids is 2. The van der Waals surface area contributed by atoms with Crippen LogP contribution < -0.4 is 20.7 Å². The predicted octanol–water partition coefficient (Wildman–Crippen LogP) is 6.95. The van der Waals surface area contributed by atoms with Crippen LogP contribution in [0.3, 0.4) is 0 Å². The lowest BCUT2D eigenvalue weighted by atomic mass is 10.2. The number of nitrogens with one attached hydrogen (secondary N) is 3. The summed E-state index contributed by atoms with van der Waals surface area (Å²) >= 11 is 17.3. The summed E-state index contributed by atoms with van der Waals surface area (Å²) in [4.78, 5) is 25.2. The largest absolute Gasteiger partial charge is 0.489 e. The molecular weight excluding hydrogens is 529 g/mol. The van der Waals surface area contributed by atoms with Crippen LogP contribution in [0, 0.1) is 0 Å². The minimum absolute atomic E-state index is 0.110. The van der Waals surface area contributed by atoms with Gasteiger partial charge in [-0.15, -0.1) is 0 Å². The second-order valence-corrected chi connectivity index (χ2v) is 9.12. The van der Waals surface area contributed by atoms with Gasteiger partial charge in [-0.1, -0.05) is 59.6 Å². The Kier molecular flexibility index (Phi) is 8.74. The third-order valence-corrected chi connectivity index (χ3v) is 5.90. The topological polar surface area (TPSA) is 79.5 Å². The second kappa shape index (κ2) is 12.4. The normalized spacial score (nSPS) is 10.3. The Morgan fingerprint density at radius 2 is 1.46 bits per heavy atom. The van der Waals surface area contributed by atoms with E-state index in [4.69, 9.17) is 40.2 Å². The van der Waals surface area contributed by atoms with E-state index in [1.54, 1.807) is 60.7 Å². The summed E-state index contributed by atoms with van der Waals surface area (Å²) in [6, 6.07) is 28.1. The highest BCUT2D eigenvalue weighted by molar-refractivity contribution is 7.80. The number of benzene rings is 4.